The van der Waals surface area contributed by atoms with Crippen LogP contribution in [0.15, 0.2) is 30.3 Å². The monoisotopic (exact) mass is 318 g/mol. The SMILES string of the molecule is CCC(C)C(NC(=O)c1ccccc1)C(=O)N1CCCC(O)C1. The molecule has 2 amide bonds. The number of nitrogens with zero attached hydrogens (tertiary/aromatic N) is 1. The first-order valence-corrected chi connectivity index (χ1v) is 8.35. The van der Waals surface area contributed by atoms with Crippen molar-refractivity contribution in [3.05, 3.63) is 35.9 Å². The van der Waals surface area contributed by atoms with Gasteiger partial charge in [-0.2, -0.15) is 0 Å². The Hall–Kier alpha value is -1.88. The van der Waals surface area contributed by atoms with E-state index in [0.717, 1.165) is 19.3 Å². The fourth-order valence-corrected chi connectivity index (χ4v) is 2.85. The molecule has 0 aliphatic carbocycles. The Morgan fingerprint density at radius 1 is 1.35 bits per heavy atom. The summed E-state index contributed by atoms with van der Waals surface area (Å²) in [7, 11) is 0. The predicted octanol–water partition coefficient (Wildman–Crippen LogP) is 1.81. The molecule has 5 nitrogen and oxygen atoms in total. The van der Waals surface area contributed by atoms with Crippen molar-refractivity contribution in [1.82, 2.24) is 10.2 Å². The van der Waals surface area contributed by atoms with Crippen molar-refractivity contribution in [2.45, 2.75) is 45.3 Å². The number of carbonyl (C=O) groups excluding carboxylic acids is 2. The quantitative estimate of drug-likeness (QED) is 0.870. The van der Waals surface area contributed by atoms with Crippen LogP contribution < -0.4 is 5.32 Å². The molecule has 3 unspecified atom stereocenters. The van der Waals surface area contributed by atoms with Crippen molar-refractivity contribution in [2.75, 3.05) is 13.1 Å². The molecule has 1 aliphatic rings. The summed E-state index contributed by atoms with van der Waals surface area (Å²) >= 11 is 0. The molecule has 126 valence electrons. The Balaban J connectivity index is 2.10. The highest BCUT2D eigenvalue weighted by molar-refractivity contribution is 5.97. The number of nitrogens with one attached hydrogen (secondary N) is 1. The van der Waals surface area contributed by atoms with Gasteiger partial charge < -0.3 is 15.3 Å². The number of β-amino-alcohol motifs (C(OH)–C–C–N with tert-alkyl or cyclic N) is 1. The zero-order valence-electron chi connectivity index (χ0n) is 13.9. The molecule has 3 atom stereocenters. The van der Waals surface area contributed by atoms with E-state index in [2.05, 4.69) is 5.32 Å². The normalized spacial score (nSPS) is 20.7. The molecule has 2 N–H and O–H groups in total. The molecular formula is C18H26N2O3. The maximum Gasteiger partial charge on any atom is 0.251 e. The zero-order chi connectivity index (χ0) is 16.8. The predicted molar refractivity (Wildman–Crippen MR) is 89.0 cm³/mol. The van der Waals surface area contributed by atoms with E-state index in [1.54, 1.807) is 29.2 Å². The van der Waals surface area contributed by atoms with Gasteiger partial charge in [-0.15, -0.1) is 0 Å². The number of hydrogen-bond acceptors (Lipinski definition) is 3. The van der Waals surface area contributed by atoms with Gasteiger partial charge in [0.15, 0.2) is 0 Å². The Morgan fingerprint density at radius 2 is 2.04 bits per heavy atom. The van der Waals surface area contributed by atoms with E-state index in [4.69, 9.17) is 0 Å². The first-order chi connectivity index (χ1) is 11.0. The van der Waals surface area contributed by atoms with E-state index in [1.165, 1.54) is 0 Å². The van der Waals surface area contributed by atoms with Crippen LogP contribution in [0.3, 0.4) is 0 Å². The number of rotatable bonds is 5. The van der Waals surface area contributed by atoms with Gasteiger partial charge >= 0.3 is 0 Å². The van der Waals surface area contributed by atoms with E-state index < -0.39 is 12.1 Å². The summed E-state index contributed by atoms with van der Waals surface area (Å²) < 4.78 is 0. The third-order valence-electron chi connectivity index (χ3n) is 4.51. The molecule has 1 aromatic rings. The molecule has 1 saturated heterocycles. The van der Waals surface area contributed by atoms with Gasteiger partial charge in [0.1, 0.15) is 6.04 Å². The second-order valence-electron chi connectivity index (χ2n) is 6.28. The van der Waals surface area contributed by atoms with Gasteiger partial charge in [0.25, 0.3) is 5.91 Å². The minimum absolute atomic E-state index is 0.0363. The van der Waals surface area contributed by atoms with Gasteiger partial charge in [0.05, 0.1) is 6.10 Å². The molecule has 1 heterocycles. The topological polar surface area (TPSA) is 69.6 Å². The molecule has 0 bridgehead atoms. The fraction of sp³-hybridized carbons (Fsp3) is 0.556. The number of likely N-dealkylation sites (tertiary alicyclic amines) is 1. The highest BCUT2D eigenvalue weighted by Crippen LogP contribution is 2.16. The van der Waals surface area contributed by atoms with Crippen LogP contribution in [-0.4, -0.2) is 47.1 Å². The van der Waals surface area contributed by atoms with Gasteiger partial charge in [0, 0.05) is 18.7 Å². The number of piperidine rings is 1. The first kappa shape index (κ1) is 17.5. The number of hydrogen-bond donors (Lipinski definition) is 2. The summed E-state index contributed by atoms with van der Waals surface area (Å²) in [6.45, 7) is 4.97. The van der Waals surface area contributed by atoms with E-state index in [0.29, 0.717) is 18.7 Å². The van der Waals surface area contributed by atoms with Crippen molar-refractivity contribution < 1.29 is 14.7 Å². The Morgan fingerprint density at radius 3 is 2.65 bits per heavy atom. The molecule has 0 radical (unpaired) electrons. The summed E-state index contributed by atoms with van der Waals surface area (Å²) in [5, 5.41) is 12.7. The van der Waals surface area contributed by atoms with Crippen LogP contribution >= 0.6 is 0 Å². The summed E-state index contributed by atoms with van der Waals surface area (Å²) in [5.41, 5.74) is 0.548. The van der Waals surface area contributed by atoms with Crippen molar-refractivity contribution in [3.63, 3.8) is 0 Å². The smallest absolute Gasteiger partial charge is 0.251 e. The Bertz CT molecular complexity index is 532. The van der Waals surface area contributed by atoms with Crippen molar-refractivity contribution in [3.8, 4) is 0 Å². The van der Waals surface area contributed by atoms with Crippen LogP contribution in [0.25, 0.3) is 0 Å². The summed E-state index contributed by atoms with van der Waals surface area (Å²) in [5.74, 6) is -0.293. The molecule has 23 heavy (non-hydrogen) atoms. The molecule has 5 heteroatoms. The third kappa shape index (κ3) is 4.55. The maximum atomic E-state index is 12.8. The minimum Gasteiger partial charge on any atom is -0.391 e. The van der Waals surface area contributed by atoms with Gasteiger partial charge in [-0.05, 0) is 30.9 Å². The number of amides is 2. The number of benzene rings is 1. The second kappa shape index (κ2) is 8.11. The second-order valence-corrected chi connectivity index (χ2v) is 6.28. The average molecular weight is 318 g/mol. The van der Waals surface area contributed by atoms with Crippen molar-refractivity contribution in [1.29, 1.82) is 0 Å². The van der Waals surface area contributed by atoms with Crippen molar-refractivity contribution >= 4 is 11.8 Å². The zero-order valence-corrected chi connectivity index (χ0v) is 13.9. The molecule has 0 spiro atoms. The lowest BCUT2D eigenvalue weighted by atomic mass is 9.96. The molecule has 1 aliphatic heterocycles. The van der Waals surface area contributed by atoms with Crippen LogP contribution in [0.4, 0.5) is 0 Å². The third-order valence-corrected chi connectivity index (χ3v) is 4.51. The van der Waals surface area contributed by atoms with E-state index in [-0.39, 0.29) is 17.7 Å². The van der Waals surface area contributed by atoms with Gasteiger partial charge in [-0.1, -0.05) is 38.5 Å². The highest BCUT2D eigenvalue weighted by Gasteiger charge is 2.32. The number of carbonyl (C=O) groups is 2. The van der Waals surface area contributed by atoms with Gasteiger partial charge in [-0.3, -0.25) is 9.59 Å². The van der Waals surface area contributed by atoms with E-state index >= 15 is 0 Å². The lowest BCUT2D eigenvalue weighted by Crippen LogP contribution is -2.54. The van der Waals surface area contributed by atoms with Crippen LogP contribution in [0.2, 0.25) is 0 Å². The van der Waals surface area contributed by atoms with Gasteiger partial charge in [-0.25, -0.2) is 0 Å². The fourth-order valence-electron chi connectivity index (χ4n) is 2.85. The lowest BCUT2D eigenvalue weighted by molar-refractivity contribution is -0.137. The van der Waals surface area contributed by atoms with Gasteiger partial charge in [0.2, 0.25) is 5.91 Å². The molecule has 1 aromatic carbocycles. The molecule has 0 saturated carbocycles. The first-order valence-electron chi connectivity index (χ1n) is 8.35. The highest BCUT2D eigenvalue weighted by atomic mass is 16.3. The summed E-state index contributed by atoms with van der Waals surface area (Å²) in [6, 6.07) is 8.36. The van der Waals surface area contributed by atoms with Crippen LogP contribution in [-0.2, 0) is 4.79 Å². The van der Waals surface area contributed by atoms with Crippen LogP contribution in [0.5, 0.6) is 0 Å². The number of aliphatic hydroxyl groups is 1. The van der Waals surface area contributed by atoms with E-state index in [1.807, 2.05) is 19.9 Å². The summed E-state index contributed by atoms with van der Waals surface area (Å²) in [6.07, 6.45) is 1.86. The molecule has 2 rings (SSSR count). The largest absolute Gasteiger partial charge is 0.391 e. The molecular weight excluding hydrogens is 292 g/mol. The number of aliphatic hydroxyl groups excluding tert-OH is 1. The lowest BCUT2D eigenvalue weighted by Gasteiger charge is -2.34. The standard InChI is InChI=1S/C18H26N2O3/c1-3-13(2)16(18(23)20-11-7-10-15(21)12-20)19-17(22)14-8-5-4-6-9-14/h4-6,8-9,13,15-16,21H,3,7,10-12H2,1-2H3,(H,19,22). The Kier molecular flexibility index (Phi) is 6.16. The maximum absolute atomic E-state index is 12.8. The Labute approximate surface area is 137 Å². The molecule has 1 fully saturated rings. The minimum atomic E-state index is -0.557. The van der Waals surface area contributed by atoms with Crippen LogP contribution in [0, 0.1) is 5.92 Å². The average Bonchev–Trinajstić information content (AvgIpc) is 2.59. The summed E-state index contributed by atoms with van der Waals surface area (Å²) in [4.78, 5) is 26.9. The van der Waals surface area contributed by atoms with E-state index in [9.17, 15) is 14.7 Å². The van der Waals surface area contributed by atoms with Crippen LogP contribution in [0.1, 0.15) is 43.5 Å². The van der Waals surface area contributed by atoms with Crippen molar-refractivity contribution in [2.24, 2.45) is 5.92 Å². The molecule has 0 aromatic heterocycles.